The molecule has 1 saturated carbocycles. The number of hydrogen-bond acceptors (Lipinski definition) is 5. The van der Waals surface area contributed by atoms with Crippen LogP contribution < -0.4 is 0 Å². The molecule has 0 N–H and O–H groups in total. The molecule has 5 nitrogen and oxygen atoms in total. The molecular formula is C17H24N4OS. The van der Waals surface area contributed by atoms with E-state index in [2.05, 4.69) is 31.7 Å². The smallest absolute Gasteiger partial charge is 0.126 e. The lowest BCUT2D eigenvalue weighted by atomic mass is 9.90. The molecule has 0 spiro atoms. The maximum atomic E-state index is 5.86. The van der Waals surface area contributed by atoms with Gasteiger partial charge in [-0.25, -0.2) is 9.97 Å². The van der Waals surface area contributed by atoms with Crippen molar-refractivity contribution in [2.45, 2.75) is 65.0 Å². The van der Waals surface area contributed by atoms with E-state index < -0.39 is 0 Å². The van der Waals surface area contributed by atoms with Crippen LogP contribution in [0.4, 0.5) is 0 Å². The molecule has 23 heavy (non-hydrogen) atoms. The van der Waals surface area contributed by atoms with Crippen molar-refractivity contribution in [3.8, 4) is 0 Å². The Balaban J connectivity index is 1.39. The highest BCUT2D eigenvalue weighted by Gasteiger charge is 2.34. The molecule has 0 amide bonds. The minimum atomic E-state index is 0.420. The second-order valence-electron chi connectivity index (χ2n) is 6.61. The van der Waals surface area contributed by atoms with Gasteiger partial charge in [-0.3, -0.25) is 4.90 Å². The van der Waals surface area contributed by atoms with Gasteiger partial charge in [0, 0.05) is 24.5 Å². The Morgan fingerprint density at radius 1 is 1.30 bits per heavy atom. The number of aryl methyl sites for hydroxylation is 1. The van der Waals surface area contributed by atoms with Crippen LogP contribution in [0.15, 0.2) is 11.6 Å². The molecule has 1 atom stereocenters. The van der Waals surface area contributed by atoms with Crippen molar-refractivity contribution in [1.82, 2.24) is 19.4 Å². The largest absolute Gasteiger partial charge is 0.369 e. The molecule has 124 valence electrons. The molecule has 6 heteroatoms. The van der Waals surface area contributed by atoms with Crippen LogP contribution in [0.3, 0.4) is 0 Å². The number of hydrogen-bond donors (Lipinski definition) is 0. The maximum Gasteiger partial charge on any atom is 0.126 e. The Hall–Kier alpha value is -1.24. The molecule has 1 aliphatic heterocycles. The molecule has 1 aliphatic carbocycles. The third-order valence-corrected chi connectivity index (χ3v) is 5.95. The highest BCUT2D eigenvalue weighted by Crippen LogP contribution is 2.34. The highest BCUT2D eigenvalue weighted by atomic mass is 32.1. The standard InChI is InChI=1S/C17H24N4OS/c1-12-17-18-8-16(10-22-9-14-11-23-13(2)19-14)21(17)7-6-20(12)15-4-3-5-15/h8,11-12,15H,3-7,9-10H2,1-2H3. The number of aromatic nitrogens is 3. The van der Waals surface area contributed by atoms with Crippen molar-refractivity contribution in [2.75, 3.05) is 6.54 Å². The van der Waals surface area contributed by atoms with Gasteiger partial charge in [-0.05, 0) is 26.7 Å². The van der Waals surface area contributed by atoms with Crippen LogP contribution in [0, 0.1) is 6.92 Å². The van der Waals surface area contributed by atoms with E-state index in [-0.39, 0.29) is 0 Å². The molecule has 2 aliphatic rings. The van der Waals surface area contributed by atoms with Gasteiger partial charge in [-0.1, -0.05) is 6.42 Å². The maximum absolute atomic E-state index is 5.86. The first-order valence-corrected chi connectivity index (χ1v) is 9.39. The van der Waals surface area contributed by atoms with Gasteiger partial charge in [-0.15, -0.1) is 11.3 Å². The Bertz CT molecular complexity index is 676. The third-order valence-electron chi connectivity index (χ3n) is 5.13. The molecule has 3 heterocycles. The Kier molecular flexibility index (Phi) is 4.22. The molecule has 0 aromatic carbocycles. The summed E-state index contributed by atoms with van der Waals surface area (Å²) >= 11 is 1.67. The number of ether oxygens (including phenoxy) is 1. The van der Waals surface area contributed by atoms with Crippen LogP contribution in [-0.4, -0.2) is 32.0 Å². The predicted octanol–water partition coefficient (Wildman–Crippen LogP) is 3.29. The molecule has 2 aromatic rings. The highest BCUT2D eigenvalue weighted by molar-refractivity contribution is 7.09. The third kappa shape index (κ3) is 2.95. The van der Waals surface area contributed by atoms with E-state index in [1.165, 1.54) is 30.8 Å². The molecule has 4 rings (SSSR count). The Morgan fingerprint density at radius 3 is 2.87 bits per heavy atom. The zero-order chi connectivity index (χ0) is 15.8. The van der Waals surface area contributed by atoms with Gasteiger partial charge in [0.15, 0.2) is 0 Å². The lowest BCUT2D eigenvalue weighted by molar-refractivity contribution is 0.0567. The summed E-state index contributed by atoms with van der Waals surface area (Å²) in [5.74, 6) is 1.20. The molecular weight excluding hydrogens is 308 g/mol. The summed E-state index contributed by atoms with van der Waals surface area (Å²) in [6.45, 7) is 7.67. The summed E-state index contributed by atoms with van der Waals surface area (Å²) in [5.41, 5.74) is 2.21. The Morgan fingerprint density at radius 2 is 2.17 bits per heavy atom. The van der Waals surface area contributed by atoms with E-state index in [1.807, 2.05) is 13.1 Å². The van der Waals surface area contributed by atoms with E-state index in [0.29, 0.717) is 19.3 Å². The summed E-state index contributed by atoms with van der Waals surface area (Å²) in [6, 6.07) is 1.20. The zero-order valence-corrected chi connectivity index (χ0v) is 14.7. The number of nitrogens with zero attached hydrogens (tertiary/aromatic N) is 4. The van der Waals surface area contributed by atoms with Crippen molar-refractivity contribution in [3.63, 3.8) is 0 Å². The first-order valence-electron chi connectivity index (χ1n) is 8.51. The van der Waals surface area contributed by atoms with Crippen LogP contribution in [0.25, 0.3) is 0 Å². The fourth-order valence-corrected chi connectivity index (χ4v) is 4.24. The van der Waals surface area contributed by atoms with Crippen molar-refractivity contribution < 1.29 is 4.74 Å². The average molecular weight is 332 g/mol. The number of rotatable bonds is 5. The van der Waals surface area contributed by atoms with Gasteiger partial charge >= 0.3 is 0 Å². The van der Waals surface area contributed by atoms with E-state index in [9.17, 15) is 0 Å². The lowest BCUT2D eigenvalue weighted by Gasteiger charge is -2.43. The van der Waals surface area contributed by atoms with E-state index in [0.717, 1.165) is 29.8 Å². The van der Waals surface area contributed by atoms with Crippen LogP contribution >= 0.6 is 11.3 Å². The van der Waals surface area contributed by atoms with E-state index >= 15 is 0 Å². The minimum absolute atomic E-state index is 0.420. The average Bonchev–Trinajstić information content (AvgIpc) is 3.07. The molecule has 0 saturated heterocycles. The number of imidazole rings is 1. The first-order chi connectivity index (χ1) is 11.2. The van der Waals surface area contributed by atoms with Crippen molar-refractivity contribution >= 4 is 11.3 Å². The number of thiazole rings is 1. The fraction of sp³-hybridized carbons (Fsp3) is 0.647. The molecule has 0 radical (unpaired) electrons. The van der Waals surface area contributed by atoms with Crippen molar-refractivity contribution in [1.29, 1.82) is 0 Å². The molecule has 1 unspecified atom stereocenters. The summed E-state index contributed by atoms with van der Waals surface area (Å²) in [4.78, 5) is 11.8. The quantitative estimate of drug-likeness (QED) is 0.843. The first kappa shape index (κ1) is 15.3. The summed E-state index contributed by atoms with van der Waals surface area (Å²) < 4.78 is 8.21. The van der Waals surface area contributed by atoms with Crippen LogP contribution in [-0.2, 0) is 24.5 Å². The molecule has 0 bridgehead atoms. The predicted molar refractivity (Wildman–Crippen MR) is 90.3 cm³/mol. The van der Waals surface area contributed by atoms with Crippen LogP contribution in [0.2, 0.25) is 0 Å². The SMILES string of the molecule is Cc1nc(COCc2cnc3n2CCN(C2CCC2)C3C)cs1. The number of fused-ring (bicyclic) bond motifs is 1. The summed E-state index contributed by atoms with van der Waals surface area (Å²) in [7, 11) is 0. The summed E-state index contributed by atoms with van der Waals surface area (Å²) in [6.07, 6.45) is 6.09. The topological polar surface area (TPSA) is 43.2 Å². The monoisotopic (exact) mass is 332 g/mol. The van der Waals surface area contributed by atoms with Crippen LogP contribution in [0.1, 0.15) is 54.4 Å². The Labute approximate surface area is 141 Å². The van der Waals surface area contributed by atoms with Gasteiger partial charge in [0.2, 0.25) is 0 Å². The van der Waals surface area contributed by atoms with Crippen molar-refractivity contribution in [2.24, 2.45) is 0 Å². The van der Waals surface area contributed by atoms with Gasteiger partial charge in [0.25, 0.3) is 0 Å². The molecule has 2 aromatic heterocycles. The fourth-order valence-electron chi connectivity index (χ4n) is 3.64. The minimum Gasteiger partial charge on any atom is -0.369 e. The second-order valence-corrected chi connectivity index (χ2v) is 7.67. The van der Waals surface area contributed by atoms with E-state index in [4.69, 9.17) is 4.74 Å². The second kappa shape index (κ2) is 6.34. The molecule has 1 fully saturated rings. The normalized spacial score (nSPS) is 22.1. The van der Waals surface area contributed by atoms with Gasteiger partial charge in [0.1, 0.15) is 5.82 Å². The summed E-state index contributed by atoms with van der Waals surface area (Å²) in [5, 5.41) is 3.16. The van der Waals surface area contributed by atoms with E-state index in [1.54, 1.807) is 11.3 Å². The zero-order valence-electron chi connectivity index (χ0n) is 13.9. The van der Waals surface area contributed by atoms with Gasteiger partial charge in [0.05, 0.1) is 41.8 Å². The lowest BCUT2D eigenvalue weighted by Crippen LogP contribution is -2.46. The van der Waals surface area contributed by atoms with Crippen LogP contribution in [0.5, 0.6) is 0 Å². The van der Waals surface area contributed by atoms with Gasteiger partial charge < -0.3 is 9.30 Å². The van der Waals surface area contributed by atoms with Gasteiger partial charge in [-0.2, -0.15) is 0 Å². The van der Waals surface area contributed by atoms with Crippen molar-refractivity contribution in [3.05, 3.63) is 33.8 Å².